The van der Waals surface area contributed by atoms with Gasteiger partial charge in [-0.1, -0.05) is 18.2 Å². The SMILES string of the molecule is COc1ccc(C2/C(=C(/O)c3ccccc3OC)C(=O)C(=O)N2c2ccc(C#N)cc2)cc1OC. The molecule has 0 bridgehead atoms. The minimum absolute atomic E-state index is 0.101. The predicted octanol–water partition coefficient (Wildman–Crippen LogP) is 4.21. The molecule has 1 fully saturated rings. The molecule has 1 unspecified atom stereocenters. The Kier molecular flexibility index (Phi) is 6.42. The molecule has 176 valence electrons. The number of amides is 1. The van der Waals surface area contributed by atoms with Crippen LogP contribution in [0, 0.1) is 11.3 Å². The summed E-state index contributed by atoms with van der Waals surface area (Å²) in [6.07, 6.45) is 0. The Hall–Kier alpha value is -4.77. The molecule has 1 N–H and O–H groups in total. The highest BCUT2D eigenvalue weighted by Gasteiger charge is 2.47. The summed E-state index contributed by atoms with van der Waals surface area (Å²) < 4.78 is 16.1. The van der Waals surface area contributed by atoms with Crippen molar-refractivity contribution in [2.75, 3.05) is 26.2 Å². The van der Waals surface area contributed by atoms with E-state index in [0.717, 1.165) is 0 Å². The highest BCUT2D eigenvalue weighted by atomic mass is 16.5. The van der Waals surface area contributed by atoms with Gasteiger partial charge in [0, 0.05) is 5.69 Å². The fourth-order valence-corrected chi connectivity index (χ4v) is 4.12. The van der Waals surface area contributed by atoms with Crippen molar-refractivity contribution >= 4 is 23.1 Å². The quantitative estimate of drug-likeness (QED) is 0.326. The highest BCUT2D eigenvalue weighted by Crippen LogP contribution is 2.44. The number of ketones is 1. The summed E-state index contributed by atoms with van der Waals surface area (Å²) in [5, 5.41) is 20.5. The second-order valence-electron chi connectivity index (χ2n) is 7.64. The van der Waals surface area contributed by atoms with Crippen LogP contribution in [0.3, 0.4) is 0 Å². The van der Waals surface area contributed by atoms with Crippen LogP contribution in [0.1, 0.15) is 22.7 Å². The summed E-state index contributed by atoms with van der Waals surface area (Å²) >= 11 is 0. The molecule has 3 aromatic carbocycles. The predicted molar refractivity (Wildman–Crippen MR) is 128 cm³/mol. The number of aliphatic hydroxyl groups excluding tert-OH is 1. The van der Waals surface area contributed by atoms with Gasteiger partial charge in [-0.2, -0.15) is 5.26 Å². The van der Waals surface area contributed by atoms with E-state index in [1.807, 2.05) is 6.07 Å². The van der Waals surface area contributed by atoms with Crippen LogP contribution in [0.4, 0.5) is 5.69 Å². The molecule has 0 radical (unpaired) electrons. The van der Waals surface area contributed by atoms with Gasteiger partial charge in [-0.25, -0.2) is 0 Å². The van der Waals surface area contributed by atoms with Crippen molar-refractivity contribution in [2.24, 2.45) is 0 Å². The van der Waals surface area contributed by atoms with Gasteiger partial charge in [0.2, 0.25) is 0 Å². The van der Waals surface area contributed by atoms with Crippen LogP contribution < -0.4 is 19.1 Å². The Balaban J connectivity index is 1.98. The molecule has 1 atom stereocenters. The molecule has 0 spiro atoms. The van der Waals surface area contributed by atoms with Crippen LogP contribution in [0.15, 0.2) is 72.3 Å². The monoisotopic (exact) mass is 470 g/mol. The number of hydrogen-bond donors (Lipinski definition) is 1. The lowest BCUT2D eigenvalue weighted by atomic mass is 9.94. The van der Waals surface area contributed by atoms with E-state index in [-0.39, 0.29) is 16.9 Å². The number of para-hydroxylation sites is 1. The van der Waals surface area contributed by atoms with Crippen LogP contribution in [0.2, 0.25) is 0 Å². The number of anilines is 1. The summed E-state index contributed by atoms with van der Waals surface area (Å²) in [6, 6.07) is 19.0. The number of rotatable bonds is 6. The van der Waals surface area contributed by atoms with E-state index in [0.29, 0.717) is 34.1 Å². The van der Waals surface area contributed by atoms with E-state index < -0.39 is 17.7 Å². The number of nitriles is 1. The minimum atomic E-state index is -0.979. The topological polar surface area (TPSA) is 109 Å². The van der Waals surface area contributed by atoms with Crippen molar-refractivity contribution in [2.45, 2.75) is 6.04 Å². The maximum Gasteiger partial charge on any atom is 0.300 e. The zero-order valence-electron chi connectivity index (χ0n) is 19.3. The van der Waals surface area contributed by atoms with Gasteiger partial charge in [-0.05, 0) is 54.1 Å². The first-order chi connectivity index (χ1) is 16.9. The van der Waals surface area contributed by atoms with Crippen molar-refractivity contribution in [1.82, 2.24) is 0 Å². The second kappa shape index (κ2) is 9.61. The largest absolute Gasteiger partial charge is 0.507 e. The van der Waals surface area contributed by atoms with Gasteiger partial charge < -0.3 is 19.3 Å². The van der Waals surface area contributed by atoms with Crippen molar-refractivity contribution in [1.29, 1.82) is 5.26 Å². The number of methoxy groups -OCH3 is 3. The lowest BCUT2D eigenvalue weighted by Crippen LogP contribution is -2.29. The molecule has 8 heteroatoms. The smallest absolute Gasteiger partial charge is 0.300 e. The van der Waals surface area contributed by atoms with Crippen molar-refractivity contribution in [3.8, 4) is 23.3 Å². The van der Waals surface area contributed by atoms with Gasteiger partial charge in [0.25, 0.3) is 11.7 Å². The molecule has 0 saturated carbocycles. The van der Waals surface area contributed by atoms with E-state index in [1.165, 1.54) is 26.2 Å². The molecule has 0 aromatic heterocycles. The summed E-state index contributed by atoms with van der Waals surface area (Å²) in [5.41, 5.74) is 1.49. The molecular weight excluding hydrogens is 448 g/mol. The standard InChI is InChI=1S/C27H22N2O6/c1-33-20-7-5-4-6-19(20)25(30)23-24(17-10-13-21(34-2)22(14-17)35-3)29(27(32)26(23)31)18-11-8-16(15-28)9-12-18/h4-14,24,30H,1-3H3/b25-23-. The number of benzene rings is 3. The zero-order valence-corrected chi connectivity index (χ0v) is 19.3. The molecule has 3 aromatic rings. The third kappa shape index (κ3) is 4.04. The summed E-state index contributed by atoms with van der Waals surface area (Å²) in [7, 11) is 4.43. The Morgan fingerprint density at radius 3 is 2.17 bits per heavy atom. The Morgan fingerprint density at radius 1 is 0.886 bits per heavy atom. The van der Waals surface area contributed by atoms with E-state index in [9.17, 15) is 14.7 Å². The maximum atomic E-state index is 13.3. The van der Waals surface area contributed by atoms with Gasteiger partial charge in [-0.15, -0.1) is 0 Å². The lowest BCUT2D eigenvalue weighted by Gasteiger charge is -2.26. The van der Waals surface area contributed by atoms with E-state index in [4.69, 9.17) is 19.5 Å². The number of carbonyl (C=O) groups is 2. The molecule has 0 aliphatic carbocycles. The maximum absolute atomic E-state index is 13.3. The van der Waals surface area contributed by atoms with E-state index in [2.05, 4.69) is 0 Å². The van der Waals surface area contributed by atoms with Gasteiger partial charge in [0.05, 0.1) is 50.1 Å². The third-order valence-corrected chi connectivity index (χ3v) is 5.80. The number of hydrogen-bond acceptors (Lipinski definition) is 7. The molecule has 4 rings (SSSR count). The molecule has 1 aliphatic heterocycles. The highest BCUT2D eigenvalue weighted by molar-refractivity contribution is 6.51. The molecule has 1 heterocycles. The number of Topliss-reactive ketones (excluding diaryl/α,β-unsaturated/α-hetero) is 1. The normalized spacial score (nSPS) is 16.6. The summed E-state index contributed by atoms with van der Waals surface area (Å²) in [5.74, 6) is -0.815. The van der Waals surface area contributed by atoms with Gasteiger partial charge in [-0.3, -0.25) is 14.5 Å². The molecule has 1 amide bonds. The number of nitrogens with zero attached hydrogens (tertiary/aromatic N) is 2. The fraction of sp³-hybridized carbons (Fsp3) is 0.148. The summed E-state index contributed by atoms with van der Waals surface area (Å²) in [4.78, 5) is 27.9. The molecule has 1 aliphatic rings. The van der Waals surface area contributed by atoms with Crippen molar-refractivity contribution in [3.63, 3.8) is 0 Å². The van der Waals surface area contributed by atoms with Crippen LogP contribution in [-0.4, -0.2) is 38.1 Å². The average molecular weight is 470 g/mol. The average Bonchev–Trinajstić information content (AvgIpc) is 3.17. The Bertz CT molecular complexity index is 1370. The Labute approximate surface area is 202 Å². The lowest BCUT2D eigenvalue weighted by molar-refractivity contribution is -0.132. The molecule has 8 nitrogen and oxygen atoms in total. The van der Waals surface area contributed by atoms with Crippen LogP contribution in [-0.2, 0) is 9.59 Å². The first-order valence-electron chi connectivity index (χ1n) is 10.6. The fourth-order valence-electron chi connectivity index (χ4n) is 4.12. The van der Waals surface area contributed by atoms with Crippen LogP contribution in [0.5, 0.6) is 17.2 Å². The number of ether oxygens (including phenoxy) is 3. The third-order valence-electron chi connectivity index (χ3n) is 5.80. The summed E-state index contributed by atoms with van der Waals surface area (Å²) in [6.45, 7) is 0. The molecule has 1 saturated heterocycles. The first kappa shape index (κ1) is 23.4. The van der Waals surface area contributed by atoms with Crippen molar-refractivity contribution < 1.29 is 28.9 Å². The van der Waals surface area contributed by atoms with Crippen LogP contribution in [0.25, 0.3) is 5.76 Å². The Morgan fingerprint density at radius 2 is 1.54 bits per heavy atom. The first-order valence-corrected chi connectivity index (χ1v) is 10.6. The number of aliphatic hydroxyl groups is 1. The van der Waals surface area contributed by atoms with Crippen LogP contribution >= 0.6 is 0 Å². The van der Waals surface area contributed by atoms with E-state index in [1.54, 1.807) is 66.7 Å². The van der Waals surface area contributed by atoms with Gasteiger partial charge in [0.15, 0.2) is 11.5 Å². The van der Waals surface area contributed by atoms with Crippen molar-refractivity contribution in [3.05, 3.63) is 89.0 Å². The second-order valence-corrected chi connectivity index (χ2v) is 7.64. The van der Waals surface area contributed by atoms with Gasteiger partial charge >= 0.3 is 0 Å². The van der Waals surface area contributed by atoms with Gasteiger partial charge in [0.1, 0.15) is 11.5 Å². The minimum Gasteiger partial charge on any atom is -0.507 e. The zero-order chi connectivity index (χ0) is 25.1. The molecular formula is C27H22N2O6. The number of carbonyl (C=O) groups excluding carboxylic acids is 2. The van der Waals surface area contributed by atoms with E-state index >= 15 is 0 Å². The molecule has 35 heavy (non-hydrogen) atoms.